The number of aliphatic carboxylic acids is 2. The lowest BCUT2D eigenvalue weighted by molar-refractivity contribution is -0.194. The first-order valence-electron chi connectivity index (χ1n) is 10.6. The van der Waals surface area contributed by atoms with E-state index in [4.69, 9.17) is 31.9 Å². The lowest BCUT2D eigenvalue weighted by Crippen LogP contribution is -2.53. The van der Waals surface area contributed by atoms with Gasteiger partial charge in [-0.15, -0.1) is 0 Å². The number of rotatable bonds is 8. The fourth-order valence-corrected chi connectivity index (χ4v) is 4.60. The standard InChI is InChI=1S/C21H16ClF2N5O9/c22-19-27-13(25)9-14(28-19)29(5-26-9)15-10(24)21(36)11(37-15)12(21)38-20(17(32)33,18(34)35)4-7-2-1-6(16(30)31)3-8(7)23/h1-3,5,10-12,15,36H,4H2,(H,30,31)(H,32,33)(H,34,35)(H2,25,27,28)/t10-,11-,12?,15-,21+/m1/s1. The van der Waals surface area contributed by atoms with E-state index in [-0.39, 0.29) is 22.3 Å². The van der Waals surface area contributed by atoms with Crippen LogP contribution in [-0.2, 0) is 25.5 Å². The van der Waals surface area contributed by atoms with Crippen molar-refractivity contribution < 1.29 is 53.1 Å². The molecule has 6 N–H and O–H groups in total. The van der Waals surface area contributed by atoms with E-state index in [0.717, 1.165) is 23.0 Å². The molecule has 1 saturated heterocycles. The van der Waals surface area contributed by atoms with Gasteiger partial charge >= 0.3 is 17.9 Å². The highest BCUT2D eigenvalue weighted by Crippen LogP contribution is 2.58. The minimum absolute atomic E-state index is 0.0248. The van der Waals surface area contributed by atoms with Crippen molar-refractivity contribution >= 4 is 46.5 Å². The highest BCUT2D eigenvalue weighted by Gasteiger charge is 2.80. The Bertz CT molecular complexity index is 1510. The molecule has 5 atom stereocenters. The van der Waals surface area contributed by atoms with Crippen LogP contribution in [0, 0.1) is 5.82 Å². The highest BCUT2D eigenvalue weighted by molar-refractivity contribution is 6.28. The number of nitrogens with zero attached hydrogens (tertiary/aromatic N) is 4. The molecular formula is C21H16ClF2N5O9. The summed E-state index contributed by atoms with van der Waals surface area (Å²) in [4.78, 5) is 46.8. The van der Waals surface area contributed by atoms with Crippen LogP contribution in [0.5, 0.6) is 0 Å². The molecule has 1 unspecified atom stereocenters. The minimum Gasteiger partial charge on any atom is -0.479 e. The zero-order chi connectivity index (χ0) is 27.7. The molecule has 38 heavy (non-hydrogen) atoms. The van der Waals surface area contributed by atoms with Gasteiger partial charge in [-0.25, -0.2) is 28.1 Å². The SMILES string of the molecule is Nc1nc(Cl)nc2c1ncn2[C@@H]1O[C@@H]2C(OC(Cc3ccc(C(=O)O)cc3F)(C(=O)O)C(=O)O)[C@]2(O)[C@@H]1F. The number of anilines is 1. The molecule has 2 aromatic heterocycles. The lowest BCUT2D eigenvalue weighted by atomic mass is 9.93. The van der Waals surface area contributed by atoms with Gasteiger partial charge in [0, 0.05) is 6.42 Å². The van der Waals surface area contributed by atoms with Crippen molar-refractivity contribution in [2.24, 2.45) is 0 Å². The number of ether oxygens (including phenoxy) is 2. The number of aromatic nitrogens is 4. The number of imidazole rings is 1. The summed E-state index contributed by atoms with van der Waals surface area (Å²) in [7, 11) is 0. The smallest absolute Gasteiger partial charge is 0.348 e. The number of halogens is 3. The number of nitrogen functional groups attached to an aromatic ring is 1. The summed E-state index contributed by atoms with van der Waals surface area (Å²) in [6.45, 7) is 0. The molecule has 2 fully saturated rings. The Labute approximate surface area is 214 Å². The fourth-order valence-electron chi connectivity index (χ4n) is 4.43. The first-order valence-corrected chi connectivity index (χ1v) is 11.0. The molecule has 17 heteroatoms. The average molecular weight is 556 g/mol. The molecule has 1 aromatic carbocycles. The predicted octanol–water partition coefficient (Wildman–Crippen LogP) is 0.415. The van der Waals surface area contributed by atoms with Crippen molar-refractivity contribution in [2.75, 3.05) is 5.73 Å². The number of aromatic carboxylic acids is 1. The number of hydrogen-bond donors (Lipinski definition) is 5. The molecule has 0 bridgehead atoms. The van der Waals surface area contributed by atoms with E-state index in [1.165, 1.54) is 0 Å². The Morgan fingerprint density at radius 1 is 1.24 bits per heavy atom. The largest absolute Gasteiger partial charge is 0.479 e. The normalized spacial score (nSPS) is 26.3. The lowest BCUT2D eigenvalue weighted by Gasteiger charge is -2.29. The van der Waals surface area contributed by atoms with Crippen LogP contribution in [-0.4, -0.2) is 87.4 Å². The third kappa shape index (κ3) is 3.64. The summed E-state index contributed by atoms with van der Waals surface area (Å²) < 4.78 is 41.9. The topological polar surface area (TPSA) is 220 Å². The molecule has 1 aliphatic heterocycles. The van der Waals surface area contributed by atoms with E-state index in [1.807, 2.05) is 0 Å². The van der Waals surface area contributed by atoms with Crippen molar-refractivity contribution in [1.82, 2.24) is 19.5 Å². The number of alkyl halides is 1. The van der Waals surface area contributed by atoms with Gasteiger partial charge in [0.05, 0.1) is 11.9 Å². The number of fused-ring (bicyclic) bond motifs is 2. The molecular weight excluding hydrogens is 540 g/mol. The van der Waals surface area contributed by atoms with Gasteiger partial charge in [-0.1, -0.05) is 6.07 Å². The molecule has 3 aromatic rings. The van der Waals surface area contributed by atoms with E-state index in [1.54, 1.807) is 0 Å². The number of carboxylic acids is 3. The van der Waals surface area contributed by atoms with E-state index < -0.39 is 77.1 Å². The summed E-state index contributed by atoms with van der Waals surface area (Å²) in [6.07, 6.45) is -7.16. The third-order valence-electron chi connectivity index (χ3n) is 6.51. The second-order valence-electron chi connectivity index (χ2n) is 8.70. The van der Waals surface area contributed by atoms with Gasteiger partial charge in [-0.3, -0.25) is 4.57 Å². The maximum atomic E-state index is 15.5. The molecule has 0 radical (unpaired) electrons. The van der Waals surface area contributed by atoms with Gasteiger partial charge in [-0.2, -0.15) is 9.97 Å². The Hall–Kier alpha value is -3.99. The molecule has 200 valence electrons. The van der Waals surface area contributed by atoms with Crippen LogP contribution in [0.4, 0.5) is 14.6 Å². The van der Waals surface area contributed by atoms with Gasteiger partial charge in [0.15, 0.2) is 29.5 Å². The van der Waals surface area contributed by atoms with E-state index in [0.29, 0.717) is 6.07 Å². The number of hydrogen-bond acceptors (Lipinski definition) is 10. The Kier molecular flexibility index (Phi) is 5.75. The molecule has 0 spiro atoms. The van der Waals surface area contributed by atoms with Crippen molar-refractivity contribution in [3.05, 3.63) is 46.8 Å². The Morgan fingerprint density at radius 3 is 2.47 bits per heavy atom. The number of nitrogens with two attached hydrogens (primary N) is 1. The molecule has 0 amide bonds. The number of benzene rings is 1. The summed E-state index contributed by atoms with van der Waals surface area (Å²) in [5.74, 6) is -6.93. The maximum absolute atomic E-state index is 15.5. The van der Waals surface area contributed by atoms with Crippen molar-refractivity contribution in [2.45, 2.75) is 42.2 Å². The van der Waals surface area contributed by atoms with Gasteiger partial charge in [-0.05, 0) is 29.3 Å². The minimum atomic E-state index is -3.19. The summed E-state index contributed by atoms with van der Waals surface area (Å²) in [6, 6.07) is 2.41. The van der Waals surface area contributed by atoms with Crippen LogP contribution in [0.25, 0.3) is 11.2 Å². The first-order chi connectivity index (χ1) is 17.8. The second kappa shape index (κ2) is 8.52. The van der Waals surface area contributed by atoms with Crippen LogP contribution in [0.1, 0.15) is 22.1 Å². The summed E-state index contributed by atoms with van der Waals surface area (Å²) in [5, 5.41) is 39.2. The molecule has 1 saturated carbocycles. The van der Waals surface area contributed by atoms with Crippen LogP contribution in [0.3, 0.4) is 0 Å². The maximum Gasteiger partial charge on any atom is 0.348 e. The van der Waals surface area contributed by atoms with E-state index in [2.05, 4.69) is 15.0 Å². The van der Waals surface area contributed by atoms with Crippen molar-refractivity contribution in [3.63, 3.8) is 0 Å². The number of aliphatic hydroxyl groups is 1. The van der Waals surface area contributed by atoms with Crippen molar-refractivity contribution in [1.29, 1.82) is 0 Å². The zero-order valence-corrected chi connectivity index (χ0v) is 19.4. The highest BCUT2D eigenvalue weighted by atomic mass is 35.5. The first kappa shape index (κ1) is 25.7. The molecule has 3 heterocycles. The number of carboxylic acid groups (broad SMARTS) is 3. The average Bonchev–Trinajstić information content (AvgIpc) is 3.08. The molecule has 5 rings (SSSR count). The van der Waals surface area contributed by atoms with Gasteiger partial charge in [0.25, 0.3) is 5.60 Å². The molecule has 1 aliphatic carbocycles. The van der Waals surface area contributed by atoms with Crippen molar-refractivity contribution in [3.8, 4) is 0 Å². The van der Waals surface area contributed by atoms with Gasteiger partial charge < -0.3 is 35.6 Å². The van der Waals surface area contributed by atoms with Gasteiger partial charge in [0.1, 0.15) is 23.5 Å². The molecule has 2 aliphatic rings. The Balaban J connectivity index is 1.42. The van der Waals surface area contributed by atoms with E-state index in [9.17, 15) is 34.1 Å². The van der Waals surface area contributed by atoms with Gasteiger partial charge in [0.2, 0.25) is 5.28 Å². The fraction of sp³-hybridized carbons (Fsp3) is 0.333. The zero-order valence-electron chi connectivity index (χ0n) is 18.7. The van der Waals surface area contributed by atoms with Crippen LogP contribution >= 0.6 is 11.6 Å². The van der Waals surface area contributed by atoms with Crippen LogP contribution < -0.4 is 5.73 Å². The van der Waals surface area contributed by atoms with Crippen LogP contribution in [0.15, 0.2) is 24.5 Å². The second-order valence-corrected chi connectivity index (χ2v) is 9.04. The van der Waals surface area contributed by atoms with Crippen LogP contribution in [0.2, 0.25) is 5.28 Å². The summed E-state index contributed by atoms with van der Waals surface area (Å²) in [5.41, 5.74) is -0.869. The van der Waals surface area contributed by atoms with E-state index >= 15 is 4.39 Å². The third-order valence-corrected chi connectivity index (χ3v) is 6.68. The summed E-state index contributed by atoms with van der Waals surface area (Å²) >= 11 is 5.80. The quantitative estimate of drug-likeness (QED) is 0.188. The monoisotopic (exact) mass is 555 g/mol. The Morgan fingerprint density at radius 2 is 1.92 bits per heavy atom. The predicted molar refractivity (Wildman–Crippen MR) is 118 cm³/mol. The molecule has 14 nitrogen and oxygen atoms in total. The number of carbonyl (C=O) groups is 3.